The van der Waals surface area contributed by atoms with Crippen LogP contribution in [-0.4, -0.2) is 17.8 Å². The minimum absolute atomic E-state index is 0.0810. The Kier molecular flexibility index (Phi) is 6.94. The van der Waals surface area contributed by atoms with Gasteiger partial charge in [-0.3, -0.25) is 4.79 Å². The summed E-state index contributed by atoms with van der Waals surface area (Å²) in [5, 5.41) is 3.07. The lowest BCUT2D eigenvalue weighted by atomic mass is 9.99. The lowest BCUT2D eigenvalue weighted by Gasteiger charge is -2.20. The third-order valence-corrected chi connectivity index (χ3v) is 4.51. The summed E-state index contributed by atoms with van der Waals surface area (Å²) in [6.45, 7) is 4.94. The summed E-state index contributed by atoms with van der Waals surface area (Å²) >= 11 is 6.29. The van der Waals surface area contributed by atoms with Gasteiger partial charge in [0.1, 0.15) is 0 Å². The van der Waals surface area contributed by atoms with Gasteiger partial charge in [-0.2, -0.15) is 0 Å². The first-order chi connectivity index (χ1) is 8.17. The minimum atomic E-state index is 0.0810. The molecule has 0 heterocycles. The van der Waals surface area contributed by atoms with E-state index in [-0.39, 0.29) is 11.3 Å². The second kappa shape index (κ2) is 7.97. The minimum Gasteiger partial charge on any atom is -0.355 e. The number of nitrogens with one attached hydrogen (secondary N) is 1. The predicted octanol–water partition coefficient (Wildman–Crippen LogP) is 3.73. The molecule has 0 saturated heterocycles. The molecule has 1 N–H and O–H groups in total. The first kappa shape index (κ1) is 14.8. The van der Waals surface area contributed by atoms with Crippen molar-refractivity contribution >= 4 is 17.5 Å². The average Bonchev–Trinajstić information content (AvgIpc) is 2.81. The van der Waals surface area contributed by atoms with E-state index in [2.05, 4.69) is 19.2 Å². The van der Waals surface area contributed by atoms with E-state index in [1.165, 1.54) is 25.7 Å². The van der Waals surface area contributed by atoms with Gasteiger partial charge in [0.15, 0.2) is 0 Å². The molecular weight excluding hydrogens is 234 g/mol. The fraction of sp³-hybridized carbons (Fsp3) is 0.929. The predicted molar refractivity (Wildman–Crippen MR) is 73.3 cm³/mol. The molecule has 0 aromatic heterocycles. The maximum atomic E-state index is 11.7. The Labute approximate surface area is 110 Å². The van der Waals surface area contributed by atoms with E-state index in [1.54, 1.807) is 0 Å². The van der Waals surface area contributed by atoms with Crippen molar-refractivity contribution in [3.05, 3.63) is 0 Å². The summed E-state index contributed by atoms with van der Waals surface area (Å²) in [6.07, 6.45) is 7.92. The molecule has 0 radical (unpaired) electrons. The van der Waals surface area contributed by atoms with Gasteiger partial charge in [0.05, 0.1) is 5.38 Å². The van der Waals surface area contributed by atoms with Gasteiger partial charge in [0, 0.05) is 13.0 Å². The zero-order chi connectivity index (χ0) is 12.7. The van der Waals surface area contributed by atoms with E-state index in [0.29, 0.717) is 24.8 Å². The highest BCUT2D eigenvalue weighted by Gasteiger charge is 2.20. The Bertz CT molecular complexity index is 222. The largest absolute Gasteiger partial charge is 0.355 e. The molecule has 0 aromatic rings. The summed E-state index contributed by atoms with van der Waals surface area (Å²) < 4.78 is 0. The van der Waals surface area contributed by atoms with E-state index in [4.69, 9.17) is 11.6 Å². The van der Waals surface area contributed by atoms with Crippen molar-refractivity contribution in [1.82, 2.24) is 5.32 Å². The Balaban J connectivity index is 2.17. The number of carbonyl (C=O) groups excluding carboxylic acids is 1. The molecular formula is C14H26ClNO. The van der Waals surface area contributed by atoms with Gasteiger partial charge in [-0.25, -0.2) is 0 Å². The van der Waals surface area contributed by atoms with E-state index in [9.17, 15) is 4.79 Å². The summed E-state index contributed by atoms with van der Waals surface area (Å²) in [4.78, 5) is 11.7. The highest BCUT2D eigenvalue weighted by molar-refractivity contribution is 6.21. The molecule has 2 nitrogen and oxygen atoms in total. The molecule has 3 heteroatoms. The van der Waals surface area contributed by atoms with Gasteiger partial charge >= 0.3 is 0 Å². The molecule has 0 aliphatic heterocycles. The van der Waals surface area contributed by atoms with Crippen LogP contribution in [0.25, 0.3) is 0 Å². The smallest absolute Gasteiger partial charge is 0.220 e. The van der Waals surface area contributed by atoms with Crippen molar-refractivity contribution in [2.75, 3.05) is 6.54 Å². The quantitative estimate of drug-likeness (QED) is 0.694. The van der Waals surface area contributed by atoms with Crippen LogP contribution in [0.4, 0.5) is 0 Å². The molecule has 1 unspecified atom stereocenters. The maximum absolute atomic E-state index is 11.7. The number of hydrogen-bond donors (Lipinski definition) is 1. The van der Waals surface area contributed by atoms with Gasteiger partial charge in [-0.15, -0.1) is 11.6 Å². The zero-order valence-corrected chi connectivity index (χ0v) is 11.9. The first-order valence-corrected chi connectivity index (χ1v) is 7.51. The molecule has 0 aromatic carbocycles. The Morgan fingerprint density at radius 1 is 1.29 bits per heavy atom. The van der Waals surface area contributed by atoms with E-state index < -0.39 is 0 Å². The SMILES string of the molecule is CCC(CC)C(Cl)CNC(=O)CC1CCCC1. The third-order valence-electron chi connectivity index (χ3n) is 4.00. The van der Waals surface area contributed by atoms with Crippen molar-refractivity contribution in [2.24, 2.45) is 11.8 Å². The fourth-order valence-electron chi connectivity index (χ4n) is 2.73. The normalized spacial score (nSPS) is 18.6. The second-order valence-electron chi connectivity index (χ2n) is 5.25. The number of rotatable bonds is 7. The molecule has 1 aliphatic rings. The molecule has 1 aliphatic carbocycles. The topological polar surface area (TPSA) is 29.1 Å². The molecule has 17 heavy (non-hydrogen) atoms. The summed E-state index contributed by atoms with van der Waals surface area (Å²) in [5.74, 6) is 1.33. The molecule has 100 valence electrons. The molecule has 0 spiro atoms. The van der Waals surface area contributed by atoms with Gasteiger partial charge in [-0.1, -0.05) is 39.5 Å². The number of hydrogen-bond acceptors (Lipinski definition) is 1. The van der Waals surface area contributed by atoms with Crippen LogP contribution in [0.5, 0.6) is 0 Å². The third kappa shape index (κ3) is 5.29. The van der Waals surface area contributed by atoms with Crippen molar-refractivity contribution in [3.8, 4) is 0 Å². The molecule has 1 atom stereocenters. The van der Waals surface area contributed by atoms with Gasteiger partial charge in [-0.05, 0) is 24.7 Å². The van der Waals surface area contributed by atoms with E-state index in [1.807, 2.05) is 0 Å². The standard InChI is InChI=1S/C14H26ClNO/c1-3-12(4-2)13(15)10-16-14(17)9-11-7-5-6-8-11/h11-13H,3-10H2,1-2H3,(H,16,17). The summed E-state index contributed by atoms with van der Waals surface area (Å²) in [5.41, 5.74) is 0. The number of alkyl halides is 1. The monoisotopic (exact) mass is 259 g/mol. The van der Waals surface area contributed by atoms with Crippen LogP contribution >= 0.6 is 11.6 Å². The molecule has 1 saturated carbocycles. The average molecular weight is 260 g/mol. The van der Waals surface area contributed by atoms with Crippen LogP contribution in [0.15, 0.2) is 0 Å². The van der Waals surface area contributed by atoms with Crippen molar-refractivity contribution in [1.29, 1.82) is 0 Å². The van der Waals surface area contributed by atoms with E-state index >= 15 is 0 Å². The van der Waals surface area contributed by atoms with Gasteiger partial charge < -0.3 is 5.32 Å². The van der Waals surface area contributed by atoms with Crippen LogP contribution in [0.1, 0.15) is 58.8 Å². The Hall–Kier alpha value is -0.240. The van der Waals surface area contributed by atoms with E-state index in [0.717, 1.165) is 12.8 Å². The van der Waals surface area contributed by atoms with Crippen molar-refractivity contribution in [2.45, 2.75) is 64.2 Å². The van der Waals surface area contributed by atoms with Crippen LogP contribution in [-0.2, 0) is 4.79 Å². The number of halogens is 1. The van der Waals surface area contributed by atoms with Gasteiger partial charge in [0.2, 0.25) is 5.91 Å². The second-order valence-corrected chi connectivity index (χ2v) is 5.81. The lowest BCUT2D eigenvalue weighted by Crippen LogP contribution is -2.33. The summed E-state index contributed by atoms with van der Waals surface area (Å²) in [6, 6.07) is 0. The molecule has 0 bridgehead atoms. The number of carbonyl (C=O) groups is 1. The fourth-order valence-corrected chi connectivity index (χ4v) is 3.16. The lowest BCUT2D eigenvalue weighted by molar-refractivity contribution is -0.122. The highest BCUT2D eigenvalue weighted by Crippen LogP contribution is 2.27. The summed E-state index contributed by atoms with van der Waals surface area (Å²) in [7, 11) is 0. The van der Waals surface area contributed by atoms with Crippen molar-refractivity contribution < 1.29 is 4.79 Å². The van der Waals surface area contributed by atoms with Crippen LogP contribution in [0.3, 0.4) is 0 Å². The Morgan fingerprint density at radius 2 is 1.88 bits per heavy atom. The number of amides is 1. The van der Waals surface area contributed by atoms with Crippen molar-refractivity contribution in [3.63, 3.8) is 0 Å². The van der Waals surface area contributed by atoms with Crippen LogP contribution in [0, 0.1) is 11.8 Å². The highest BCUT2D eigenvalue weighted by atomic mass is 35.5. The van der Waals surface area contributed by atoms with Crippen LogP contribution in [0.2, 0.25) is 0 Å². The van der Waals surface area contributed by atoms with Gasteiger partial charge in [0.25, 0.3) is 0 Å². The molecule has 1 fully saturated rings. The zero-order valence-electron chi connectivity index (χ0n) is 11.2. The molecule has 1 rings (SSSR count). The first-order valence-electron chi connectivity index (χ1n) is 7.08. The van der Waals surface area contributed by atoms with Crippen LogP contribution < -0.4 is 5.32 Å². The molecule has 1 amide bonds. The maximum Gasteiger partial charge on any atom is 0.220 e. The Morgan fingerprint density at radius 3 is 2.41 bits per heavy atom.